The highest BCUT2D eigenvalue weighted by Crippen LogP contribution is 2.31. The molecule has 1 spiro atoms. The van der Waals surface area contributed by atoms with Crippen LogP contribution in [0.4, 0.5) is 0 Å². The van der Waals surface area contributed by atoms with Crippen molar-refractivity contribution in [2.24, 2.45) is 0 Å². The van der Waals surface area contributed by atoms with Gasteiger partial charge in [-0.05, 0) is 19.9 Å². The second-order valence-electron chi connectivity index (χ2n) is 5.09. The number of hydrogen-bond donors (Lipinski definition) is 1. The maximum absolute atomic E-state index is 3.58. The lowest BCUT2D eigenvalue weighted by Gasteiger charge is -2.47. The molecule has 82 valence electrons. The van der Waals surface area contributed by atoms with Crippen LogP contribution in [-0.4, -0.2) is 37.1 Å². The van der Waals surface area contributed by atoms with Crippen LogP contribution in [0.1, 0.15) is 44.9 Å². The van der Waals surface area contributed by atoms with E-state index in [1.165, 1.54) is 64.6 Å². The van der Waals surface area contributed by atoms with E-state index in [4.69, 9.17) is 0 Å². The first-order valence-electron chi connectivity index (χ1n) is 6.25. The van der Waals surface area contributed by atoms with Crippen LogP contribution in [-0.2, 0) is 0 Å². The molecule has 0 aromatic rings. The molecular weight excluding hydrogens is 172 g/mol. The quantitative estimate of drug-likeness (QED) is 0.637. The maximum Gasteiger partial charge on any atom is 0.0331 e. The van der Waals surface area contributed by atoms with E-state index >= 15 is 0 Å². The Morgan fingerprint density at radius 2 is 1.64 bits per heavy atom. The van der Waals surface area contributed by atoms with Gasteiger partial charge < -0.3 is 5.32 Å². The summed E-state index contributed by atoms with van der Waals surface area (Å²) in [5, 5.41) is 3.58. The van der Waals surface area contributed by atoms with Gasteiger partial charge in [0.25, 0.3) is 0 Å². The van der Waals surface area contributed by atoms with Gasteiger partial charge in [-0.25, -0.2) is 0 Å². The zero-order valence-corrected chi connectivity index (χ0v) is 9.52. The highest BCUT2D eigenvalue weighted by Gasteiger charge is 2.35. The fourth-order valence-electron chi connectivity index (χ4n) is 3.06. The summed E-state index contributed by atoms with van der Waals surface area (Å²) >= 11 is 0. The van der Waals surface area contributed by atoms with Crippen molar-refractivity contribution in [2.45, 2.75) is 50.5 Å². The van der Waals surface area contributed by atoms with Crippen LogP contribution in [0.15, 0.2) is 0 Å². The van der Waals surface area contributed by atoms with Gasteiger partial charge in [0.2, 0.25) is 0 Å². The second-order valence-corrected chi connectivity index (χ2v) is 5.09. The van der Waals surface area contributed by atoms with Gasteiger partial charge in [0.1, 0.15) is 0 Å². The van der Waals surface area contributed by atoms with Crippen molar-refractivity contribution < 1.29 is 0 Å². The average Bonchev–Trinajstić information content (AvgIpc) is 2.15. The second kappa shape index (κ2) is 4.63. The SMILES string of the molecule is CN1CCNCC12CCCCCCC2. The van der Waals surface area contributed by atoms with Gasteiger partial charge >= 0.3 is 0 Å². The van der Waals surface area contributed by atoms with E-state index in [9.17, 15) is 0 Å². The van der Waals surface area contributed by atoms with E-state index in [0.29, 0.717) is 5.54 Å². The van der Waals surface area contributed by atoms with E-state index < -0.39 is 0 Å². The largest absolute Gasteiger partial charge is 0.314 e. The molecule has 2 aliphatic rings. The van der Waals surface area contributed by atoms with E-state index in [1.807, 2.05) is 0 Å². The highest BCUT2D eigenvalue weighted by atomic mass is 15.2. The Balaban J connectivity index is 2.01. The molecule has 2 rings (SSSR count). The summed E-state index contributed by atoms with van der Waals surface area (Å²) in [5.41, 5.74) is 0.513. The molecule has 0 atom stereocenters. The topological polar surface area (TPSA) is 15.3 Å². The van der Waals surface area contributed by atoms with E-state index in [0.717, 1.165) is 0 Å². The minimum atomic E-state index is 0.513. The summed E-state index contributed by atoms with van der Waals surface area (Å²) in [5.74, 6) is 0. The first kappa shape index (κ1) is 10.4. The third-order valence-corrected chi connectivity index (χ3v) is 4.17. The van der Waals surface area contributed by atoms with Gasteiger partial charge in [-0.3, -0.25) is 4.90 Å². The summed E-state index contributed by atoms with van der Waals surface area (Å²) in [7, 11) is 2.32. The molecular formula is C12H24N2. The number of hydrogen-bond acceptors (Lipinski definition) is 2. The molecule has 1 aliphatic heterocycles. The standard InChI is InChI=1S/C12H24N2/c1-14-10-9-13-11-12(14)7-5-3-2-4-6-8-12/h13H,2-11H2,1H3. The fraction of sp³-hybridized carbons (Fsp3) is 1.00. The van der Waals surface area contributed by atoms with Crippen LogP contribution in [0.25, 0.3) is 0 Å². The first-order valence-corrected chi connectivity index (χ1v) is 6.25. The minimum Gasteiger partial charge on any atom is -0.314 e. The average molecular weight is 196 g/mol. The molecule has 1 saturated carbocycles. The first-order chi connectivity index (χ1) is 6.83. The Bertz CT molecular complexity index is 171. The molecule has 0 radical (unpaired) electrons. The number of piperazine rings is 1. The molecule has 0 aromatic heterocycles. The van der Waals surface area contributed by atoms with Gasteiger partial charge in [-0.2, -0.15) is 0 Å². The van der Waals surface area contributed by atoms with Gasteiger partial charge in [0.15, 0.2) is 0 Å². The molecule has 1 N–H and O–H groups in total. The molecule has 1 heterocycles. The van der Waals surface area contributed by atoms with Gasteiger partial charge in [-0.1, -0.05) is 32.1 Å². The van der Waals surface area contributed by atoms with Crippen molar-refractivity contribution in [1.82, 2.24) is 10.2 Å². The van der Waals surface area contributed by atoms with Gasteiger partial charge in [0.05, 0.1) is 0 Å². The monoisotopic (exact) mass is 196 g/mol. The molecule has 14 heavy (non-hydrogen) atoms. The normalized spacial score (nSPS) is 29.8. The lowest BCUT2D eigenvalue weighted by molar-refractivity contribution is 0.0609. The summed E-state index contributed by atoms with van der Waals surface area (Å²) < 4.78 is 0. The Kier molecular flexibility index (Phi) is 3.45. The lowest BCUT2D eigenvalue weighted by Crippen LogP contribution is -2.59. The van der Waals surface area contributed by atoms with Crippen molar-refractivity contribution in [3.63, 3.8) is 0 Å². The third kappa shape index (κ3) is 2.12. The smallest absolute Gasteiger partial charge is 0.0331 e. The van der Waals surface area contributed by atoms with Crippen LogP contribution in [0.5, 0.6) is 0 Å². The van der Waals surface area contributed by atoms with Crippen LogP contribution < -0.4 is 5.32 Å². The van der Waals surface area contributed by atoms with Gasteiger partial charge in [0, 0.05) is 25.2 Å². The molecule has 0 aromatic carbocycles. The lowest BCUT2D eigenvalue weighted by atomic mass is 9.81. The Morgan fingerprint density at radius 1 is 1.00 bits per heavy atom. The van der Waals surface area contributed by atoms with E-state index in [1.54, 1.807) is 0 Å². The van der Waals surface area contributed by atoms with Crippen LogP contribution in [0.3, 0.4) is 0 Å². The summed E-state index contributed by atoms with van der Waals surface area (Å²) in [4.78, 5) is 2.62. The molecule has 0 unspecified atom stereocenters. The van der Waals surface area contributed by atoms with Crippen molar-refractivity contribution >= 4 is 0 Å². The molecule has 2 heteroatoms. The summed E-state index contributed by atoms with van der Waals surface area (Å²) in [6, 6.07) is 0. The van der Waals surface area contributed by atoms with Crippen LogP contribution in [0, 0.1) is 0 Å². The molecule has 0 bridgehead atoms. The number of rotatable bonds is 0. The fourth-order valence-corrected chi connectivity index (χ4v) is 3.06. The molecule has 1 aliphatic carbocycles. The number of likely N-dealkylation sites (N-methyl/N-ethyl adjacent to an activating group) is 1. The number of nitrogens with one attached hydrogen (secondary N) is 1. The zero-order valence-electron chi connectivity index (χ0n) is 9.52. The Labute approximate surface area is 88.1 Å². The van der Waals surface area contributed by atoms with Crippen molar-refractivity contribution in [1.29, 1.82) is 0 Å². The summed E-state index contributed by atoms with van der Waals surface area (Å²) in [6.45, 7) is 3.64. The van der Waals surface area contributed by atoms with E-state index in [2.05, 4.69) is 17.3 Å². The number of nitrogens with zero attached hydrogens (tertiary/aromatic N) is 1. The van der Waals surface area contributed by atoms with Crippen molar-refractivity contribution in [3.8, 4) is 0 Å². The zero-order chi connectivity index (χ0) is 9.86. The Morgan fingerprint density at radius 3 is 2.29 bits per heavy atom. The highest BCUT2D eigenvalue weighted by molar-refractivity contribution is 4.95. The predicted molar refractivity (Wildman–Crippen MR) is 60.5 cm³/mol. The third-order valence-electron chi connectivity index (χ3n) is 4.17. The van der Waals surface area contributed by atoms with Crippen molar-refractivity contribution in [3.05, 3.63) is 0 Å². The Hall–Kier alpha value is -0.0800. The van der Waals surface area contributed by atoms with Crippen molar-refractivity contribution in [2.75, 3.05) is 26.7 Å². The molecule has 2 nitrogen and oxygen atoms in total. The molecule has 2 fully saturated rings. The van der Waals surface area contributed by atoms with Gasteiger partial charge in [-0.15, -0.1) is 0 Å². The maximum atomic E-state index is 3.58. The summed E-state index contributed by atoms with van der Waals surface area (Å²) in [6.07, 6.45) is 10.1. The van der Waals surface area contributed by atoms with Crippen LogP contribution in [0.2, 0.25) is 0 Å². The molecule has 1 saturated heterocycles. The van der Waals surface area contributed by atoms with E-state index in [-0.39, 0.29) is 0 Å². The minimum absolute atomic E-state index is 0.513. The molecule has 0 amide bonds. The van der Waals surface area contributed by atoms with Crippen LogP contribution >= 0.6 is 0 Å². The predicted octanol–water partition coefficient (Wildman–Crippen LogP) is 2.00.